The summed E-state index contributed by atoms with van der Waals surface area (Å²) in [5.41, 5.74) is 0.644. The van der Waals surface area contributed by atoms with Gasteiger partial charge in [-0.3, -0.25) is 14.5 Å². The number of carbonyl (C=O) groups is 2. The second kappa shape index (κ2) is 9.80. The first kappa shape index (κ1) is 19.8. The molecule has 1 aromatic carbocycles. The van der Waals surface area contributed by atoms with Crippen molar-refractivity contribution in [3.05, 3.63) is 39.9 Å². The van der Waals surface area contributed by atoms with Crippen LogP contribution in [0.15, 0.2) is 24.3 Å². The van der Waals surface area contributed by atoms with E-state index in [4.69, 9.17) is 23.2 Å². The summed E-state index contributed by atoms with van der Waals surface area (Å²) in [6.07, 6.45) is 4.07. The van der Waals surface area contributed by atoms with Crippen molar-refractivity contribution in [1.82, 2.24) is 15.1 Å². The van der Waals surface area contributed by atoms with E-state index in [2.05, 4.69) is 10.2 Å². The highest BCUT2D eigenvalue weighted by Gasteiger charge is 2.21. The molecular formula is C18H23Cl2N3O2. The Morgan fingerprint density at radius 1 is 1.16 bits per heavy atom. The van der Waals surface area contributed by atoms with Gasteiger partial charge in [-0.1, -0.05) is 36.2 Å². The average Bonchev–Trinajstić information content (AvgIpc) is 2.60. The van der Waals surface area contributed by atoms with Crippen LogP contribution in [0.2, 0.25) is 10.0 Å². The van der Waals surface area contributed by atoms with E-state index in [0.717, 1.165) is 6.42 Å². The van der Waals surface area contributed by atoms with Crippen LogP contribution in [0.25, 0.3) is 6.08 Å². The molecule has 136 valence electrons. The van der Waals surface area contributed by atoms with Gasteiger partial charge in [0.25, 0.3) is 0 Å². The first-order valence-corrected chi connectivity index (χ1v) is 9.17. The van der Waals surface area contributed by atoms with Gasteiger partial charge in [0, 0.05) is 54.4 Å². The van der Waals surface area contributed by atoms with Gasteiger partial charge < -0.3 is 10.2 Å². The summed E-state index contributed by atoms with van der Waals surface area (Å²) in [4.78, 5) is 27.9. The van der Waals surface area contributed by atoms with E-state index >= 15 is 0 Å². The van der Waals surface area contributed by atoms with Gasteiger partial charge in [0.05, 0.1) is 6.54 Å². The van der Waals surface area contributed by atoms with E-state index < -0.39 is 0 Å². The van der Waals surface area contributed by atoms with Crippen molar-refractivity contribution >= 4 is 41.1 Å². The Hall–Kier alpha value is -1.56. The lowest BCUT2D eigenvalue weighted by molar-refractivity contribution is -0.128. The predicted octanol–water partition coefficient (Wildman–Crippen LogP) is 2.68. The quantitative estimate of drug-likeness (QED) is 0.768. The van der Waals surface area contributed by atoms with Crippen LogP contribution in [0.5, 0.6) is 0 Å². The minimum Gasteiger partial charge on any atom is -0.355 e. The van der Waals surface area contributed by atoms with Gasteiger partial charge in [0.2, 0.25) is 11.8 Å². The number of nitrogens with one attached hydrogen (secondary N) is 1. The first-order chi connectivity index (χ1) is 12.0. The van der Waals surface area contributed by atoms with Gasteiger partial charge in [-0.2, -0.15) is 0 Å². The molecule has 0 atom stereocenters. The molecule has 2 rings (SSSR count). The molecule has 0 unspecified atom stereocenters. The predicted molar refractivity (Wildman–Crippen MR) is 102 cm³/mol. The van der Waals surface area contributed by atoms with Crippen molar-refractivity contribution in [2.75, 3.05) is 39.3 Å². The Kier molecular flexibility index (Phi) is 7.75. The van der Waals surface area contributed by atoms with Crippen molar-refractivity contribution in [2.24, 2.45) is 0 Å². The summed E-state index contributed by atoms with van der Waals surface area (Å²) in [5.74, 6) is -0.0408. The fourth-order valence-corrected chi connectivity index (χ4v) is 3.10. The van der Waals surface area contributed by atoms with Crippen LogP contribution in [-0.2, 0) is 9.59 Å². The Morgan fingerprint density at radius 3 is 2.40 bits per heavy atom. The third kappa shape index (κ3) is 6.03. The zero-order valence-electron chi connectivity index (χ0n) is 14.3. The fraction of sp³-hybridized carbons (Fsp3) is 0.444. The maximum absolute atomic E-state index is 12.3. The highest BCUT2D eigenvalue weighted by molar-refractivity contribution is 6.37. The maximum atomic E-state index is 12.3. The molecule has 0 radical (unpaired) electrons. The Morgan fingerprint density at radius 2 is 1.80 bits per heavy atom. The van der Waals surface area contributed by atoms with E-state index in [1.54, 1.807) is 29.2 Å². The van der Waals surface area contributed by atoms with Gasteiger partial charge in [-0.15, -0.1) is 0 Å². The molecule has 1 aliphatic heterocycles. The van der Waals surface area contributed by atoms with Crippen LogP contribution in [0, 0.1) is 0 Å². The van der Waals surface area contributed by atoms with Crippen LogP contribution < -0.4 is 5.32 Å². The lowest BCUT2D eigenvalue weighted by atomic mass is 10.2. The molecule has 2 amide bonds. The number of benzene rings is 1. The van der Waals surface area contributed by atoms with E-state index in [1.165, 1.54) is 6.08 Å². The molecular weight excluding hydrogens is 361 g/mol. The standard InChI is InChI=1S/C18H23Cl2N3O2/c1-2-8-21-17(24)13-22-9-11-23(12-10-22)18(25)7-6-14-15(19)4-3-5-16(14)20/h3-7H,2,8-13H2,1H3,(H,21,24)/b7-6+. The fourth-order valence-electron chi connectivity index (χ4n) is 2.58. The number of carbonyl (C=O) groups excluding carboxylic acids is 2. The molecule has 5 nitrogen and oxygen atoms in total. The summed E-state index contributed by atoms with van der Waals surface area (Å²) in [7, 11) is 0. The van der Waals surface area contributed by atoms with Crippen LogP contribution in [0.1, 0.15) is 18.9 Å². The summed E-state index contributed by atoms with van der Waals surface area (Å²) in [6.45, 7) is 5.67. The van der Waals surface area contributed by atoms with Gasteiger partial charge in [0.15, 0.2) is 0 Å². The summed E-state index contributed by atoms with van der Waals surface area (Å²) >= 11 is 12.2. The molecule has 1 aromatic rings. The zero-order valence-corrected chi connectivity index (χ0v) is 15.8. The lowest BCUT2D eigenvalue weighted by Crippen LogP contribution is -2.50. The van der Waals surface area contributed by atoms with Gasteiger partial charge in [0.1, 0.15) is 0 Å². The average molecular weight is 384 g/mol. The smallest absolute Gasteiger partial charge is 0.246 e. The molecule has 0 bridgehead atoms. The third-order valence-electron chi connectivity index (χ3n) is 4.02. The molecule has 1 aliphatic rings. The van der Waals surface area contributed by atoms with Crippen molar-refractivity contribution < 1.29 is 9.59 Å². The van der Waals surface area contributed by atoms with Crippen LogP contribution >= 0.6 is 23.2 Å². The molecule has 7 heteroatoms. The first-order valence-electron chi connectivity index (χ1n) is 8.41. The molecule has 0 saturated carbocycles. The van der Waals surface area contributed by atoms with Gasteiger partial charge in [-0.05, 0) is 24.6 Å². The highest BCUT2D eigenvalue weighted by atomic mass is 35.5. The Balaban J connectivity index is 1.83. The van der Waals surface area contributed by atoms with Crippen LogP contribution in [0.3, 0.4) is 0 Å². The highest BCUT2D eigenvalue weighted by Crippen LogP contribution is 2.25. The van der Waals surface area contributed by atoms with E-state index in [0.29, 0.717) is 54.9 Å². The molecule has 1 heterocycles. The lowest BCUT2D eigenvalue weighted by Gasteiger charge is -2.33. The minimum absolute atomic E-state index is 0.0369. The summed E-state index contributed by atoms with van der Waals surface area (Å²) < 4.78 is 0. The number of hydrogen-bond donors (Lipinski definition) is 1. The van der Waals surface area contributed by atoms with Crippen LogP contribution in [-0.4, -0.2) is 60.9 Å². The largest absolute Gasteiger partial charge is 0.355 e. The summed E-state index contributed by atoms with van der Waals surface area (Å²) in [6, 6.07) is 5.24. The van der Waals surface area contributed by atoms with Crippen LogP contribution in [0.4, 0.5) is 0 Å². The second-order valence-corrected chi connectivity index (χ2v) is 6.73. The third-order valence-corrected chi connectivity index (χ3v) is 4.67. The number of piperazine rings is 1. The normalized spacial score (nSPS) is 15.6. The van der Waals surface area contributed by atoms with Crippen molar-refractivity contribution in [3.63, 3.8) is 0 Å². The van der Waals surface area contributed by atoms with E-state index in [-0.39, 0.29) is 11.8 Å². The van der Waals surface area contributed by atoms with Crippen molar-refractivity contribution in [1.29, 1.82) is 0 Å². The molecule has 1 fully saturated rings. The summed E-state index contributed by atoms with van der Waals surface area (Å²) in [5, 5.41) is 3.89. The molecule has 25 heavy (non-hydrogen) atoms. The SMILES string of the molecule is CCCNC(=O)CN1CCN(C(=O)/C=C/c2c(Cl)cccc2Cl)CC1. The van der Waals surface area contributed by atoms with Gasteiger partial charge >= 0.3 is 0 Å². The number of halogens is 2. The maximum Gasteiger partial charge on any atom is 0.246 e. The number of hydrogen-bond acceptors (Lipinski definition) is 3. The number of nitrogens with zero attached hydrogens (tertiary/aromatic N) is 2. The van der Waals surface area contributed by atoms with Crippen molar-refractivity contribution in [3.8, 4) is 0 Å². The molecule has 0 spiro atoms. The number of rotatable bonds is 6. The zero-order chi connectivity index (χ0) is 18.2. The Labute approximate surface area is 158 Å². The van der Waals surface area contributed by atoms with E-state index in [1.807, 2.05) is 6.92 Å². The van der Waals surface area contributed by atoms with E-state index in [9.17, 15) is 9.59 Å². The monoisotopic (exact) mass is 383 g/mol. The molecule has 1 saturated heterocycles. The second-order valence-electron chi connectivity index (χ2n) is 5.92. The molecule has 0 aromatic heterocycles. The Bertz CT molecular complexity index is 621. The van der Waals surface area contributed by atoms with Crippen molar-refractivity contribution in [2.45, 2.75) is 13.3 Å². The molecule has 0 aliphatic carbocycles. The van der Waals surface area contributed by atoms with Gasteiger partial charge in [-0.25, -0.2) is 0 Å². The number of amides is 2. The minimum atomic E-state index is -0.0777. The molecule has 1 N–H and O–H groups in total. The topological polar surface area (TPSA) is 52.7 Å².